The van der Waals surface area contributed by atoms with Crippen LogP contribution < -0.4 is 4.72 Å². The Morgan fingerprint density at radius 1 is 1.26 bits per heavy atom. The molecule has 150 valence electrons. The van der Waals surface area contributed by atoms with Crippen LogP contribution >= 0.6 is 0 Å². The number of hydrogen-bond acceptors (Lipinski definition) is 4. The van der Waals surface area contributed by atoms with Crippen LogP contribution in [0.2, 0.25) is 0 Å². The highest BCUT2D eigenvalue weighted by atomic mass is 32.2. The predicted octanol–water partition coefficient (Wildman–Crippen LogP) is 2.01. The second-order valence-electron chi connectivity index (χ2n) is 7.62. The number of aryl methyl sites for hydroxylation is 1. The van der Waals surface area contributed by atoms with Crippen LogP contribution in [0.3, 0.4) is 0 Å². The molecule has 1 amide bonds. The van der Waals surface area contributed by atoms with E-state index in [-0.39, 0.29) is 16.7 Å². The smallest absolute Gasteiger partial charge is 0.308 e. The molecule has 1 aliphatic heterocycles. The minimum absolute atomic E-state index is 0.0906. The summed E-state index contributed by atoms with van der Waals surface area (Å²) in [5, 5.41) is 9.28. The van der Waals surface area contributed by atoms with E-state index in [1.165, 1.54) is 17.0 Å². The maximum Gasteiger partial charge on any atom is 0.308 e. The number of carboxylic acid groups (broad SMARTS) is 1. The molecule has 1 aliphatic rings. The van der Waals surface area contributed by atoms with E-state index >= 15 is 0 Å². The van der Waals surface area contributed by atoms with Gasteiger partial charge in [0.25, 0.3) is 0 Å². The van der Waals surface area contributed by atoms with Crippen molar-refractivity contribution in [3.63, 3.8) is 0 Å². The molecule has 1 heterocycles. The van der Waals surface area contributed by atoms with Crippen LogP contribution in [0.4, 0.5) is 0 Å². The van der Waals surface area contributed by atoms with Crippen molar-refractivity contribution in [3.05, 3.63) is 29.8 Å². The lowest BCUT2D eigenvalue weighted by molar-refractivity contribution is -0.143. The van der Waals surface area contributed by atoms with Crippen LogP contribution in [0.25, 0.3) is 0 Å². The van der Waals surface area contributed by atoms with Crippen molar-refractivity contribution in [2.45, 2.75) is 57.5 Å². The van der Waals surface area contributed by atoms with Gasteiger partial charge in [0.15, 0.2) is 0 Å². The molecule has 8 heteroatoms. The van der Waals surface area contributed by atoms with E-state index in [1.807, 2.05) is 20.8 Å². The molecule has 1 saturated heterocycles. The van der Waals surface area contributed by atoms with Gasteiger partial charge in [-0.05, 0) is 44.7 Å². The minimum atomic E-state index is -3.86. The molecule has 0 aromatic heterocycles. The molecule has 27 heavy (non-hydrogen) atoms. The van der Waals surface area contributed by atoms with Gasteiger partial charge in [-0.25, -0.2) is 8.42 Å². The second-order valence-corrected chi connectivity index (χ2v) is 9.34. The first-order chi connectivity index (χ1) is 12.5. The molecule has 3 atom stereocenters. The summed E-state index contributed by atoms with van der Waals surface area (Å²) in [5.41, 5.74) is 0.939. The summed E-state index contributed by atoms with van der Waals surface area (Å²) >= 11 is 0. The zero-order chi connectivity index (χ0) is 20.4. The van der Waals surface area contributed by atoms with E-state index < -0.39 is 34.0 Å². The Labute approximate surface area is 160 Å². The Morgan fingerprint density at radius 2 is 1.85 bits per heavy atom. The number of carboxylic acids is 1. The van der Waals surface area contributed by atoms with E-state index in [1.54, 1.807) is 19.1 Å². The maximum absolute atomic E-state index is 13.0. The standard InChI is InChI=1S/C19H28N2O5S/c1-12(2)11-17(18(22)21-10-9-16(14(21)4)19(23)24)20-27(25,26)15-7-5-13(3)6-8-15/h5-8,12,14,16-17,20H,9-11H2,1-4H3,(H,23,24). The van der Waals surface area contributed by atoms with Gasteiger partial charge < -0.3 is 10.0 Å². The van der Waals surface area contributed by atoms with Gasteiger partial charge in [-0.3, -0.25) is 9.59 Å². The van der Waals surface area contributed by atoms with Crippen molar-refractivity contribution < 1.29 is 23.1 Å². The summed E-state index contributed by atoms with van der Waals surface area (Å²) in [6.45, 7) is 7.70. The van der Waals surface area contributed by atoms with E-state index in [4.69, 9.17) is 0 Å². The molecule has 3 unspecified atom stereocenters. The fraction of sp³-hybridized carbons (Fsp3) is 0.579. The van der Waals surface area contributed by atoms with Crippen molar-refractivity contribution in [1.29, 1.82) is 0 Å². The molecule has 0 saturated carbocycles. The lowest BCUT2D eigenvalue weighted by atomic mass is 10.0. The topological polar surface area (TPSA) is 104 Å². The first-order valence-corrected chi connectivity index (χ1v) is 10.6. The lowest BCUT2D eigenvalue weighted by Gasteiger charge is -2.29. The van der Waals surface area contributed by atoms with Crippen molar-refractivity contribution in [2.24, 2.45) is 11.8 Å². The van der Waals surface area contributed by atoms with Gasteiger partial charge in [0.1, 0.15) is 6.04 Å². The molecule has 0 spiro atoms. The van der Waals surface area contributed by atoms with Gasteiger partial charge in [-0.15, -0.1) is 0 Å². The van der Waals surface area contributed by atoms with Gasteiger partial charge in [0, 0.05) is 12.6 Å². The van der Waals surface area contributed by atoms with Crippen LogP contribution in [0.1, 0.15) is 39.2 Å². The fourth-order valence-corrected chi connectivity index (χ4v) is 4.63. The zero-order valence-electron chi connectivity index (χ0n) is 16.2. The van der Waals surface area contributed by atoms with E-state index in [2.05, 4.69) is 4.72 Å². The van der Waals surface area contributed by atoms with Crippen LogP contribution in [0.15, 0.2) is 29.2 Å². The molecular weight excluding hydrogens is 368 g/mol. The average Bonchev–Trinajstić information content (AvgIpc) is 2.95. The van der Waals surface area contributed by atoms with Gasteiger partial charge >= 0.3 is 5.97 Å². The molecular formula is C19H28N2O5S. The van der Waals surface area contributed by atoms with E-state index in [9.17, 15) is 23.1 Å². The lowest BCUT2D eigenvalue weighted by Crippen LogP contribution is -2.50. The van der Waals surface area contributed by atoms with Crippen molar-refractivity contribution >= 4 is 21.9 Å². The molecule has 2 N–H and O–H groups in total. The third kappa shape index (κ3) is 5.07. The van der Waals surface area contributed by atoms with Crippen molar-refractivity contribution in [1.82, 2.24) is 9.62 Å². The normalized spacial score (nSPS) is 21.4. The monoisotopic (exact) mass is 396 g/mol. The number of likely N-dealkylation sites (tertiary alicyclic amines) is 1. The van der Waals surface area contributed by atoms with Gasteiger partial charge in [-0.2, -0.15) is 4.72 Å². The van der Waals surface area contributed by atoms with E-state index in [0.717, 1.165) is 5.56 Å². The highest BCUT2D eigenvalue weighted by molar-refractivity contribution is 7.89. The highest BCUT2D eigenvalue weighted by Crippen LogP contribution is 2.26. The SMILES string of the molecule is Cc1ccc(S(=O)(=O)NC(CC(C)C)C(=O)N2CCC(C(=O)O)C2C)cc1. The maximum atomic E-state index is 13.0. The predicted molar refractivity (Wildman–Crippen MR) is 102 cm³/mol. The number of benzene rings is 1. The number of nitrogens with zero attached hydrogens (tertiary/aromatic N) is 1. The summed E-state index contributed by atoms with van der Waals surface area (Å²) in [6.07, 6.45) is 0.715. The quantitative estimate of drug-likeness (QED) is 0.734. The number of rotatable bonds is 7. The first-order valence-electron chi connectivity index (χ1n) is 9.15. The third-order valence-electron chi connectivity index (χ3n) is 4.99. The van der Waals surface area contributed by atoms with Gasteiger partial charge in [-0.1, -0.05) is 31.5 Å². The van der Waals surface area contributed by atoms with Crippen LogP contribution in [0, 0.1) is 18.8 Å². The van der Waals surface area contributed by atoms with Gasteiger partial charge in [0.05, 0.1) is 10.8 Å². The largest absolute Gasteiger partial charge is 0.481 e. The Kier molecular flexibility index (Phi) is 6.64. The highest BCUT2D eigenvalue weighted by Gasteiger charge is 2.41. The molecule has 0 aliphatic carbocycles. The Hall–Kier alpha value is -1.93. The fourth-order valence-electron chi connectivity index (χ4n) is 3.42. The molecule has 0 bridgehead atoms. The second kappa shape index (κ2) is 8.39. The number of hydrogen-bond donors (Lipinski definition) is 2. The molecule has 7 nitrogen and oxygen atoms in total. The van der Waals surface area contributed by atoms with Crippen LogP contribution in [-0.2, 0) is 19.6 Å². The number of amides is 1. The zero-order valence-corrected chi connectivity index (χ0v) is 17.0. The number of nitrogens with one attached hydrogen (secondary N) is 1. The average molecular weight is 397 g/mol. The molecule has 1 fully saturated rings. The summed E-state index contributed by atoms with van der Waals surface area (Å²) in [5.74, 6) is -1.83. The Morgan fingerprint density at radius 3 is 2.33 bits per heavy atom. The number of sulfonamides is 1. The summed E-state index contributed by atoms with van der Waals surface area (Å²) in [6, 6.07) is 5.03. The first kappa shape index (κ1) is 21.4. The van der Waals surface area contributed by atoms with Crippen LogP contribution in [-0.4, -0.2) is 48.9 Å². The van der Waals surface area contributed by atoms with Crippen molar-refractivity contribution in [3.8, 4) is 0 Å². The molecule has 2 rings (SSSR count). The van der Waals surface area contributed by atoms with Crippen molar-refractivity contribution in [2.75, 3.05) is 6.54 Å². The Bertz CT molecular complexity index is 789. The van der Waals surface area contributed by atoms with Gasteiger partial charge in [0.2, 0.25) is 15.9 Å². The number of carbonyl (C=O) groups excluding carboxylic acids is 1. The van der Waals surface area contributed by atoms with Crippen LogP contribution in [0.5, 0.6) is 0 Å². The molecule has 1 aromatic carbocycles. The summed E-state index contributed by atoms with van der Waals surface area (Å²) in [4.78, 5) is 25.9. The molecule has 0 radical (unpaired) electrons. The number of aliphatic carboxylic acids is 1. The third-order valence-corrected chi connectivity index (χ3v) is 6.48. The summed E-state index contributed by atoms with van der Waals surface area (Å²) < 4.78 is 28.0. The summed E-state index contributed by atoms with van der Waals surface area (Å²) in [7, 11) is -3.86. The van der Waals surface area contributed by atoms with E-state index in [0.29, 0.717) is 19.4 Å². The molecule has 1 aromatic rings. The minimum Gasteiger partial charge on any atom is -0.481 e. The number of carbonyl (C=O) groups is 2. The Balaban J connectivity index is 2.23.